The zero-order valence-electron chi connectivity index (χ0n) is 11.3. The van der Waals surface area contributed by atoms with Crippen molar-refractivity contribution in [2.45, 2.75) is 32.2 Å². The van der Waals surface area contributed by atoms with Crippen molar-refractivity contribution in [1.82, 2.24) is 9.97 Å². The number of aromatic nitrogens is 2. The first-order valence-corrected chi connectivity index (χ1v) is 6.55. The summed E-state index contributed by atoms with van der Waals surface area (Å²) in [5, 5.41) is 0. The first-order chi connectivity index (χ1) is 9.26. The Morgan fingerprint density at radius 1 is 1.47 bits per heavy atom. The van der Waals surface area contributed by atoms with Gasteiger partial charge in [-0.15, -0.1) is 0 Å². The van der Waals surface area contributed by atoms with Crippen LogP contribution in [0.1, 0.15) is 26.2 Å². The van der Waals surface area contributed by atoms with E-state index in [1.807, 2.05) is 11.8 Å². The van der Waals surface area contributed by atoms with E-state index in [2.05, 4.69) is 9.97 Å². The Kier molecular flexibility index (Phi) is 4.54. The third kappa shape index (κ3) is 3.13. The molecule has 0 spiro atoms. The summed E-state index contributed by atoms with van der Waals surface area (Å²) >= 11 is 0. The molecule has 6 heteroatoms. The molecular formula is C13H19N3O3. The fourth-order valence-corrected chi connectivity index (χ4v) is 2.30. The molecule has 0 radical (unpaired) electrons. The summed E-state index contributed by atoms with van der Waals surface area (Å²) in [7, 11) is 1.42. The lowest BCUT2D eigenvalue weighted by atomic mass is 10.0. The van der Waals surface area contributed by atoms with Gasteiger partial charge in [-0.2, -0.15) is 0 Å². The fraction of sp³-hybridized carbons (Fsp3) is 0.615. The maximum atomic E-state index is 11.8. The monoisotopic (exact) mass is 265 g/mol. The highest BCUT2D eigenvalue weighted by Crippen LogP contribution is 2.25. The van der Waals surface area contributed by atoms with Gasteiger partial charge in [-0.25, -0.2) is 14.8 Å². The molecule has 0 saturated carbocycles. The summed E-state index contributed by atoms with van der Waals surface area (Å²) in [6.45, 7) is 3.25. The molecule has 0 aromatic carbocycles. The van der Waals surface area contributed by atoms with Crippen LogP contribution in [0.15, 0.2) is 12.4 Å². The lowest BCUT2D eigenvalue weighted by Crippen LogP contribution is -2.45. The summed E-state index contributed by atoms with van der Waals surface area (Å²) in [6, 6.07) is 1.51. The van der Waals surface area contributed by atoms with E-state index in [0.29, 0.717) is 18.3 Å². The molecule has 1 aromatic rings. The SMILES string of the molecule is CCOc1cc(N2CCCCC2C(=O)OC)ncn1. The second-order valence-corrected chi connectivity index (χ2v) is 4.38. The number of nitrogens with zero attached hydrogens (tertiary/aromatic N) is 3. The molecule has 104 valence electrons. The van der Waals surface area contributed by atoms with Crippen LogP contribution in [0.2, 0.25) is 0 Å². The van der Waals surface area contributed by atoms with Crippen LogP contribution in [0.25, 0.3) is 0 Å². The van der Waals surface area contributed by atoms with E-state index in [0.717, 1.165) is 25.8 Å². The van der Waals surface area contributed by atoms with E-state index in [1.165, 1.54) is 13.4 Å². The van der Waals surface area contributed by atoms with E-state index in [9.17, 15) is 4.79 Å². The molecule has 0 bridgehead atoms. The molecule has 19 heavy (non-hydrogen) atoms. The summed E-state index contributed by atoms with van der Waals surface area (Å²) < 4.78 is 10.2. The predicted octanol–water partition coefficient (Wildman–Crippen LogP) is 1.41. The van der Waals surface area contributed by atoms with Crippen molar-refractivity contribution in [3.8, 4) is 5.88 Å². The lowest BCUT2D eigenvalue weighted by Gasteiger charge is -2.34. The third-order valence-electron chi connectivity index (χ3n) is 3.19. The zero-order valence-corrected chi connectivity index (χ0v) is 11.3. The summed E-state index contributed by atoms with van der Waals surface area (Å²) in [6.07, 6.45) is 4.32. The molecule has 1 aromatic heterocycles. The minimum Gasteiger partial charge on any atom is -0.478 e. The van der Waals surface area contributed by atoms with Gasteiger partial charge in [0.15, 0.2) is 0 Å². The molecular weight excluding hydrogens is 246 g/mol. The Balaban J connectivity index is 2.21. The Morgan fingerprint density at radius 2 is 2.32 bits per heavy atom. The van der Waals surface area contributed by atoms with Gasteiger partial charge in [0.2, 0.25) is 5.88 Å². The van der Waals surface area contributed by atoms with Gasteiger partial charge in [-0.05, 0) is 26.2 Å². The predicted molar refractivity (Wildman–Crippen MR) is 70.2 cm³/mol. The van der Waals surface area contributed by atoms with Gasteiger partial charge in [-0.1, -0.05) is 0 Å². The average Bonchev–Trinajstić information content (AvgIpc) is 2.47. The number of hydrogen-bond donors (Lipinski definition) is 0. The van der Waals surface area contributed by atoms with Crippen LogP contribution in [0, 0.1) is 0 Å². The quantitative estimate of drug-likeness (QED) is 0.767. The van der Waals surface area contributed by atoms with Crippen molar-refractivity contribution in [2.75, 3.05) is 25.2 Å². The van der Waals surface area contributed by atoms with Crippen LogP contribution in [0.5, 0.6) is 5.88 Å². The van der Waals surface area contributed by atoms with E-state index in [1.54, 1.807) is 6.07 Å². The van der Waals surface area contributed by atoms with Crippen LogP contribution in [-0.4, -0.2) is 42.2 Å². The molecule has 1 fully saturated rings. The minimum atomic E-state index is -0.261. The summed E-state index contributed by atoms with van der Waals surface area (Å²) in [5.74, 6) is 1.03. The molecule has 1 atom stereocenters. The largest absolute Gasteiger partial charge is 0.478 e. The second-order valence-electron chi connectivity index (χ2n) is 4.38. The average molecular weight is 265 g/mol. The van der Waals surface area contributed by atoms with Crippen molar-refractivity contribution in [1.29, 1.82) is 0 Å². The number of ether oxygens (including phenoxy) is 2. The van der Waals surface area contributed by atoms with Crippen LogP contribution in [0.3, 0.4) is 0 Å². The van der Waals surface area contributed by atoms with Crippen molar-refractivity contribution in [2.24, 2.45) is 0 Å². The molecule has 1 aliphatic rings. The highest BCUT2D eigenvalue weighted by atomic mass is 16.5. The molecule has 0 N–H and O–H groups in total. The number of carbonyl (C=O) groups is 1. The highest BCUT2D eigenvalue weighted by Gasteiger charge is 2.30. The number of esters is 1. The second kappa shape index (κ2) is 6.36. The minimum absolute atomic E-state index is 0.212. The van der Waals surface area contributed by atoms with Crippen molar-refractivity contribution >= 4 is 11.8 Å². The van der Waals surface area contributed by atoms with Gasteiger partial charge in [0.05, 0.1) is 13.7 Å². The molecule has 1 aliphatic heterocycles. The van der Waals surface area contributed by atoms with Crippen molar-refractivity contribution < 1.29 is 14.3 Å². The third-order valence-corrected chi connectivity index (χ3v) is 3.19. The van der Waals surface area contributed by atoms with E-state index < -0.39 is 0 Å². The number of methoxy groups -OCH3 is 1. The molecule has 0 aliphatic carbocycles. The van der Waals surface area contributed by atoms with Crippen LogP contribution >= 0.6 is 0 Å². The molecule has 2 heterocycles. The number of carbonyl (C=O) groups excluding carboxylic acids is 1. The number of hydrogen-bond acceptors (Lipinski definition) is 6. The van der Waals surface area contributed by atoms with Gasteiger partial charge in [-0.3, -0.25) is 0 Å². The Morgan fingerprint density at radius 3 is 3.05 bits per heavy atom. The Labute approximate surface area is 112 Å². The Hall–Kier alpha value is -1.85. The molecule has 2 rings (SSSR count). The standard InChI is InChI=1S/C13H19N3O3/c1-3-19-12-8-11(14-9-15-12)16-7-5-4-6-10(16)13(17)18-2/h8-10H,3-7H2,1-2H3. The maximum absolute atomic E-state index is 11.8. The lowest BCUT2D eigenvalue weighted by molar-refractivity contribution is -0.142. The molecule has 6 nitrogen and oxygen atoms in total. The van der Waals surface area contributed by atoms with Gasteiger partial charge in [0, 0.05) is 12.6 Å². The van der Waals surface area contributed by atoms with Crippen LogP contribution in [-0.2, 0) is 9.53 Å². The van der Waals surface area contributed by atoms with Crippen molar-refractivity contribution in [3.05, 3.63) is 12.4 Å². The van der Waals surface area contributed by atoms with Crippen molar-refractivity contribution in [3.63, 3.8) is 0 Å². The topological polar surface area (TPSA) is 64.5 Å². The maximum Gasteiger partial charge on any atom is 0.328 e. The number of rotatable bonds is 4. The summed E-state index contributed by atoms with van der Waals surface area (Å²) in [5.41, 5.74) is 0. The summed E-state index contributed by atoms with van der Waals surface area (Å²) in [4.78, 5) is 22.1. The van der Waals surface area contributed by atoms with E-state index in [-0.39, 0.29) is 12.0 Å². The van der Waals surface area contributed by atoms with Gasteiger partial charge in [0.1, 0.15) is 18.2 Å². The fourth-order valence-electron chi connectivity index (χ4n) is 2.30. The van der Waals surface area contributed by atoms with Gasteiger partial charge < -0.3 is 14.4 Å². The first-order valence-electron chi connectivity index (χ1n) is 6.55. The smallest absolute Gasteiger partial charge is 0.328 e. The van der Waals surface area contributed by atoms with E-state index >= 15 is 0 Å². The zero-order chi connectivity index (χ0) is 13.7. The van der Waals surface area contributed by atoms with E-state index in [4.69, 9.17) is 9.47 Å². The number of piperidine rings is 1. The molecule has 1 unspecified atom stereocenters. The van der Waals surface area contributed by atoms with Gasteiger partial charge >= 0.3 is 5.97 Å². The normalized spacial score (nSPS) is 19.1. The number of anilines is 1. The molecule has 1 saturated heterocycles. The van der Waals surface area contributed by atoms with Crippen LogP contribution < -0.4 is 9.64 Å². The van der Waals surface area contributed by atoms with Gasteiger partial charge in [0.25, 0.3) is 0 Å². The Bertz CT molecular complexity index is 439. The highest BCUT2D eigenvalue weighted by molar-refractivity contribution is 5.79. The first kappa shape index (κ1) is 13.6. The molecule has 0 amide bonds. The van der Waals surface area contributed by atoms with Crippen LogP contribution in [0.4, 0.5) is 5.82 Å².